The van der Waals surface area contributed by atoms with Crippen LogP contribution >= 0.6 is 11.3 Å². The van der Waals surface area contributed by atoms with Gasteiger partial charge in [-0.15, -0.1) is 11.3 Å². The Hall–Kier alpha value is -10.7. The van der Waals surface area contributed by atoms with Crippen molar-refractivity contribution >= 4 is 127 Å². The van der Waals surface area contributed by atoms with Crippen LogP contribution in [0.1, 0.15) is 26.3 Å². The van der Waals surface area contributed by atoms with E-state index in [4.69, 9.17) is 0 Å². The standard InChI is InChI=1S/C84H60BN3S/c1-84(2,3)66-43-37-59(38-44-66)65-50-78-81-79(51-65)87(68-47-41-58(42-48-68)56-23-9-5-10-24-56)82-72-49-63-29-13-14-30-64(63)52-80(72)89-83(82)85(81)73-53-71(62-25-11-6-12-26-62)76(54-77(73)86(78)67-45-39-57(40-46-67)55-21-7-4-8-22-55)88(74-35-19-31-60-27-15-17-33-69(60)74)75-36-20-32-61-28-16-18-34-70(61)75/h4-54H,1-3H3. The molecular weight excluding hydrogens is 1090 g/mol. The van der Waals surface area contributed by atoms with E-state index in [0.29, 0.717) is 0 Å². The van der Waals surface area contributed by atoms with Gasteiger partial charge < -0.3 is 14.7 Å². The fourth-order valence-corrected chi connectivity index (χ4v) is 15.5. The minimum Gasteiger partial charge on any atom is -0.311 e. The second-order valence-corrected chi connectivity index (χ2v) is 25.9. The molecular formula is C84H60BN3S. The number of nitrogens with zero attached hydrogens (tertiary/aromatic N) is 3. The van der Waals surface area contributed by atoms with Gasteiger partial charge in [0.2, 0.25) is 0 Å². The topological polar surface area (TPSA) is 9.72 Å². The first-order valence-corrected chi connectivity index (χ1v) is 31.7. The summed E-state index contributed by atoms with van der Waals surface area (Å²) in [7, 11) is 0. The molecule has 0 aliphatic carbocycles. The lowest BCUT2D eigenvalue weighted by molar-refractivity contribution is 0.590. The molecule has 0 bridgehead atoms. The zero-order valence-corrected chi connectivity index (χ0v) is 50.6. The first-order valence-electron chi connectivity index (χ1n) is 30.9. The lowest BCUT2D eigenvalue weighted by atomic mass is 9.36. The number of thiophene rings is 1. The molecule has 420 valence electrons. The Morgan fingerprint density at radius 1 is 0.337 bits per heavy atom. The molecule has 14 aromatic carbocycles. The van der Waals surface area contributed by atoms with E-state index in [1.807, 2.05) is 11.3 Å². The number of benzene rings is 14. The Morgan fingerprint density at radius 3 is 1.35 bits per heavy atom. The van der Waals surface area contributed by atoms with Crippen molar-refractivity contribution in [1.29, 1.82) is 0 Å². The third-order valence-electron chi connectivity index (χ3n) is 18.5. The zero-order valence-electron chi connectivity index (χ0n) is 49.8. The summed E-state index contributed by atoms with van der Waals surface area (Å²) in [6.07, 6.45) is 0. The van der Waals surface area contributed by atoms with Crippen molar-refractivity contribution in [3.63, 3.8) is 0 Å². The lowest BCUT2D eigenvalue weighted by Crippen LogP contribution is -2.60. The van der Waals surface area contributed by atoms with E-state index in [1.54, 1.807) is 0 Å². The van der Waals surface area contributed by atoms with E-state index >= 15 is 0 Å². The predicted octanol–water partition coefficient (Wildman–Crippen LogP) is 21.9. The molecule has 0 saturated heterocycles. The number of hydrogen-bond donors (Lipinski definition) is 0. The van der Waals surface area contributed by atoms with Crippen molar-refractivity contribution in [3.05, 3.63) is 315 Å². The number of rotatable bonds is 9. The third kappa shape index (κ3) is 8.87. The van der Waals surface area contributed by atoms with Crippen molar-refractivity contribution in [3.8, 4) is 44.5 Å². The predicted molar refractivity (Wildman–Crippen MR) is 383 cm³/mol. The highest BCUT2D eigenvalue weighted by atomic mass is 32.1. The Morgan fingerprint density at radius 2 is 0.787 bits per heavy atom. The van der Waals surface area contributed by atoms with Gasteiger partial charge in [-0.3, -0.25) is 0 Å². The molecule has 0 N–H and O–H groups in total. The summed E-state index contributed by atoms with van der Waals surface area (Å²) in [5.41, 5.74) is 23.4. The van der Waals surface area contributed by atoms with Crippen LogP contribution in [0.5, 0.6) is 0 Å². The van der Waals surface area contributed by atoms with E-state index in [1.165, 1.54) is 103 Å². The molecule has 5 heteroatoms. The largest absolute Gasteiger partial charge is 0.311 e. The molecule has 0 atom stereocenters. The second-order valence-electron chi connectivity index (χ2n) is 24.8. The van der Waals surface area contributed by atoms with Gasteiger partial charge >= 0.3 is 0 Å². The SMILES string of the molecule is CC(C)(C)c1ccc(-c2cc3c4c(c2)N(c2ccc(-c5ccccc5)cc2)c2c(sc5cc6ccccc6cc25)B4c2cc(-c4ccccc4)c(N(c4cccc5ccccc45)c4cccc5ccccc45)cc2N3c2ccc(-c3ccccc3)cc2)cc1. The summed E-state index contributed by atoms with van der Waals surface area (Å²) in [5.74, 6) is 0. The normalized spacial score (nSPS) is 12.6. The molecule has 17 rings (SSSR count). The summed E-state index contributed by atoms with van der Waals surface area (Å²) in [5, 5.41) is 8.45. The van der Waals surface area contributed by atoms with E-state index in [-0.39, 0.29) is 12.1 Å². The molecule has 1 aromatic heterocycles. The quantitative estimate of drug-likeness (QED) is 0.133. The van der Waals surface area contributed by atoms with Gasteiger partial charge in [0.05, 0.1) is 22.7 Å². The van der Waals surface area contributed by atoms with Crippen molar-refractivity contribution < 1.29 is 0 Å². The summed E-state index contributed by atoms with van der Waals surface area (Å²) in [4.78, 5) is 7.80. The molecule has 0 spiro atoms. The van der Waals surface area contributed by atoms with Gasteiger partial charge in [-0.25, -0.2) is 0 Å². The van der Waals surface area contributed by atoms with Crippen LogP contribution in [0, 0.1) is 0 Å². The summed E-state index contributed by atoms with van der Waals surface area (Å²) < 4.78 is 2.59. The van der Waals surface area contributed by atoms with Gasteiger partial charge in [0.25, 0.3) is 6.71 Å². The first kappa shape index (κ1) is 52.6. The van der Waals surface area contributed by atoms with Gasteiger partial charge in [0.1, 0.15) is 0 Å². The van der Waals surface area contributed by atoms with Crippen molar-refractivity contribution in [1.82, 2.24) is 0 Å². The Kier molecular flexibility index (Phi) is 12.4. The van der Waals surface area contributed by atoms with Crippen molar-refractivity contribution in [2.45, 2.75) is 26.2 Å². The van der Waals surface area contributed by atoms with Gasteiger partial charge in [0, 0.05) is 59.6 Å². The smallest absolute Gasteiger partial charge is 0.264 e. The summed E-state index contributed by atoms with van der Waals surface area (Å²) in [6.45, 7) is 6.74. The Labute approximate surface area is 524 Å². The summed E-state index contributed by atoms with van der Waals surface area (Å²) >= 11 is 1.95. The average Bonchev–Trinajstić information content (AvgIpc) is 1.69. The minimum absolute atomic E-state index is 0.00835. The minimum atomic E-state index is -0.164. The molecule has 0 saturated carbocycles. The maximum atomic E-state index is 2.62. The van der Waals surface area contributed by atoms with Crippen LogP contribution in [0.25, 0.3) is 86.9 Å². The fraction of sp³-hybridized carbons (Fsp3) is 0.0476. The molecule has 0 radical (unpaired) electrons. The van der Waals surface area contributed by atoms with Gasteiger partial charge in [0.15, 0.2) is 0 Å². The molecule has 89 heavy (non-hydrogen) atoms. The van der Waals surface area contributed by atoms with E-state index in [0.717, 1.165) is 56.5 Å². The maximum Gasteiger partial charge on any atom is 0.264 e. The van der Waals surface area contributed by atoms with Crippen LogP contribution in [0.4, 0.5) is 51.2 Å². The highest BCUT2D eigenvalue weighted by Gasteiger charge is 2.46. The Bertz CT molecular complexity index is 5140. The fourth-order valence-electron chi connectivity index (χ4n) is 14.2. The van der Waals surface area contributed by atoms with Gasteiger partial charge in [-0.2, -0.15) is 0 Å². The third-order valence-corrected chi connectivity index (χ3v) is 19.7. The molecule has 3 heterocycles. The van der Waals surface area contributed by atoms with Crippen LogP contribution in [0.2, 0.25) is 0 Å². The van der Waals surface area contributed by atoms with Crippen LogP contribution < -0.4 is 30.4 Å². The number of hydrogen-bond acceptors (Lipinski definition) is 4. The van der Waals surface area contributed by atoms with Crippen molar-refractivity contribution in [2.75, 3.05) is 14.7 Å². The molecule has 0 fully saturated rings. The summed E-state index contributed by atoms with van der Waals surface area (Å²) in [6, 6.07) is 116. The number of fused-ring (bicyclic) bond motifs is 9. The van der Waals surface area contributed by atoms with Crippen LogP contribution in [-0.2, 0) is 5.41 Å². The molecule has 3 nitrogen and oxygen atoms in total. The molecule has 2 aliphatic rings. The van der Waals surface area contributed by atoms with Crippen LogP contribution in [0.3, 0.4) is 0 Å². The van der Waals surface area contributed by atoms with Crippen LogP contribution in [-0.4, -0.2) is 6.71 Å². The molecule has 2 aliphatic heterocycles. The monoisotopic (exact) mass is 1150 g/mol. The Balaban J connectivity index is 1.02. The average molecular weight is 1150 g/mol. The molecule has 15 aromatic rings. The van der Waals surface area contributed by atoms with E-state index < -0.39 is 0 Å². The highest BCUT2D eigenvalue weighted by molar-refractivity contribution is 7.33. The maximum absolute atomic E-state index is 2.62. The second kappa shape index (κ2) is 21.0. The molecule has 0 unspecified atom stereocenters. The number of anilines is 9. The van der Waals surface area contributed by atoms with Gasteiger partial charge in [-0.1, -0.05) is 263 Å². The van der Waals surface area contributed by atoms with Crippen molar-refractivity contribution in [2.24, 2.45) is 0 Å². The van der Waals surface area contributed by atoms with E-state index in [2.05, 4.69) is 345 Å². The van der Waals surface area contributed by atoms with E-state index in [9.17, 15) is 0 Å². The zero-order chi connectivity index (χ0) is 59.3. The first-order chi connectivity index (χ1) is 43.8. The molecule has 0 amide bonds. The highest BCUT2D eigenvalue weighted by Crippen LogP contribution is 2.53. The lowest BCUT2D eigenvalue weighted by Gasteiger charge is -2.44. The van der Waals surface area contributed by atoms with Crippen LogP contribution in [0.15, 0.2) is 309 Å². The van der Waals surface area contributed by atoms with Gasteiger partial charge in [-0.05, 0) is 149 Å².